The van der Waals surface area contributed by atoms with Crippen LogP contribution in [0.3, 0.4) is 0 Å². The number of hydrogen-bond donors (Lipinski definition) is 0. The van der Waals surface area contributed by atoms with Crippen LogP contribution in [0.2, 0.25) is 0 Å². The van der Waals surface area contributed by atoms with Crippen LogP contribution < -0.4 is 4.90 Å². The van der Waals surface area contributed by atoms with Crippen LogP contribution in [0.1, 0.15) is 52.7 Å². The molecule has 2 heterocycles. The van der Waals surface area contributed by atoms with Gasteiger partial charge in [-0.1, -0.05) is 76.2 Å². The molecule has 2 aromatic rings. The summed E-state index contributed by atoms with van der Waals surface area (Å²) in [4.78, 5) is 2.34. The molecule has 2 nitrogen and oxygen atoms in total. The second-order valence-corrected chi connectivity index (χ2v) is 10.5. The number of hydrogen-bond acceptors (Lipinski definition) is 1. The topological polar surface area (TPSA) is 6.25 Å². The molecular formula is C30H37N2+. The normalized spacial score (nSPS) is 20.6. The van der Waals surface area contributed by atoms with Crippen LogP contribution in [0.25, 0.3) is 0 Å². The van der Waals surface area contributed by atoms with E-state index in [2.05, 4.69) is 138 Å². The van der Waals surface area contributed by atoms with E-state index < -0.39 is 0 Å². The van der Waals surface area contributed by atoms with Gasteiger partial charge in [-0.05, 0) is 43.0 Å². The lowest BCUT2D eigenvalue weighted by Crippen LogP contribution is -2.26. The lowest BCUT2D eigenvalue weighted by Gasteiger charge is -2.24. The summed E-state index contributed by atoms with van der Waals surface area (Å²) in [7, 11) is 4.36. The first kappa shape index (κ1) is 22.3. The SMILES string of the molecule is CC(C)C(/C=C/C1=[N+](C)c2ccccc2C1(C)C)=C\C=C1/N(C)c2ccccc2C1(C)C. The molecular weight excluding hydrogens is 388 g/mol. The highest BCUT2D eigenvalue weighted by atomic mass is 15.2. The second-order valence-electron chi connectivity index (χ2n) is 10.5. The van der Waals surface area contributed by atoms with Crippen molar-refractivity contribution < 1.29 is 4.58 Å². The molecule has 0 aromatic heterocycles. The Hall–Kier alpha value is -2.87. The third-order valence-electron chi connectivity index (χ3n) is 7.41. The fourth-order valence-corrected chi connectivity index (χ4v) is 5.39. The zero-order valence-corrected chi connectivity index (χ0v) is 20.9. The quantitative estimate of drug-likeness (QED) is 0.372. The minimum absolute atomic E-state index is 0.00228. The summed E-state index contributed by atoms with van der Waals surface area (Å²) in [6.07, 6.45) is 9.28. The lowest BCUT2D eigenvalue weighted by atomic mass is 9.81. The third kappa shape index (κ3) is 3.46. The number of rotatable bonds is 4. The van der Waals surface area contributed by atoms with Gasteiger partial charge in [0, 0.05) is 41.6 Å². The molecule has 4 rings (SSSR count). The highest BCUT2D eigenvalue weighted by molar-refractivity contribution is 6.03. The molecule has 0 saturated heterocycles. The molecule has 0 aliphatic carbocycles. The van der Waals surface area contributed by atoms with Gasteiger partial charge in [-0.15, -0.1) is 0 Å². The number of nitrogens with zero attached hydrogens (tertiary/aromatic N) is 2. The molecule has 166 valence electrons. The largest absolute Gasteiger partial charge is 0.347 e. The molecule has 0 unspecified atom stereocenters. The van der Waals surface area contributed by atoms with Crippen molar-refractivity contribution in [2.24, 2.45) is 5.92 Å². The zero-order chi connectivity index (χ0) is 23.3. The van der Waals surface area contributed by atoms with Crippen molar-refractivity contribution in [1.82, 2.24) is 0 Å². The summed E-state index contributed by atoms with van der Waals surface area (Å²) < 4.78 is 2.34. The molecule has 2 aromatic carbocycles. The number of allylic oxidation sites excluding steroid dienone is 6. The Morgan fingerprint density at radius 2 is 1.53 bits per heavy atom. The molecule has 0 spiro atoms. The van der Waals surface area contributed by atoms with Crippen molar-refractivity contribution in [2.75, 3.05) is 19.0 Å². The molecule has 0 atom stereocenters. The maximum atomic E-state index is 2.34. The summed E-state index contributed by atoms with van der Waals surface area (Å²) in [5, 5.41) is 0. The fourth-order valence-electron chi connectivity index (χ4n) is 5.39. The first-order valence-corrected chi connectivity index (χ1v) is 11.7. The maximum absolute atomic E-state index is 2.34. The van der Waals surface area contributed by atoms with Crippen molar-refractivity contribution in [3.63, 3.8) is 0 Å². The van der Waals surface area contributed by atoms with E-state index in [-0.39, 0.29) is 10.8 Å². The van der Waals surface area contributed by atoms with E-state index >= 15 is 0 Å². The molecule has 0 bridgehead atoms. The Bertz CT molecular complexity index is 1170. The predicted octanol–water partition coefficient (Wildman–Crippen LogP) is 7.14. The molecule has 2 aliphatic rings. The maximum Gasteiger partial charge on any atom is 0.209 e. The molecule has 0 saturated carbocycles. The van der Waals surface area contributed by atoms with E-state index in [9.17, 15) is 0 Å². The average molecular weight is 426 g/mol. The summed E-state index contributed by atoms with van der Waals surface area (Å²) in [6, 6.07) is 17.5. The number of fused-ring (bicyclic) bond motifs is 2. The Morgan fingerprint density at radius 1 is 0.906 bits per heavy atom. The van der Waals surface area contributed by atoms with E-state index in [4.69, 9.17) is 0 Å². The van der Waals surface area contributed by atoms with E-state index in [1.807, 2.05) is 0 Å². The number of para-hydroxylation sites is 2. The van der Waals surface area contributed by atoms with Gasteiger partial charge in [0.05, 0.1) is 5.41 Å². The average Bonchev–Trinajstić information content (AvgIpc) is 3.07. The fraction of sp³-hybridized carbons (Fsp3) is 0.367. The highest BCUT2D eigenvalue weighted by Gasteiger charge is 2.42. The molecule has 0 amide bonds. The highest BCUT2D eigenvalue weighted by Crippen LogP contribution is 2.46. The van der Waals surface area contributed by atoms with Gasteiger partial charge in [-0.25, -0.2) is 0 Å². The first-order valence-electron chi connectivity index (χ1n) is 11.7. The Morgan fingerprint density at radius 3 is 2.16 bits per heavy atom. The summed E-state index contributed by atoms with van der Waals surface area (Å²) in [6.45, 7) is 13.8. The zero-order valence-electron chi connectivity index (χ0n) is 20.9. The van der Waals surface area contributed by atoms with Gasteiger partial charge >= 0.3 is 0 Å². The number of likely N-dealkylation sites (N-methyl/N-ethyl adjacent to an activating group) is 1. The van der Waals surface area contributed by atoms with Crippen LogP contribution in [0.4, 0.5) is 11.4 Å². The Kier molecular flexibility index (Phi) is 5.53. The van der Waals surface area contributed by atoms with Crippen LogP contribution in [0.5, 0.6) is 0 Å². The van der Waals surface area contributed by atoms with E-state index in [0.717, 1.165) is 0 Å². The minimum atomic E-state index is -0.00228. The first-order chi connectivity index (χ1) is 15.1. The smallest absolute Gasteiger partial charge is 0.209 e. The summed E-state index contributed by atoms with van der Waals surface area (Å²) in [5.41, 5.74) is 9.41. The molecule has 0 N–H and O–H groups in total. The van der Waals surface area contributed by atoms with Crippen molar-refractivity contribution in [1.29, 1.82) is 0 Å². The van der Waals surface area contributed by atoms with E-state index in [1.54, 1.807) is 0 Å². The molecule has 2 heteroatoms. The van der Waals surface area contributed by atoms with Crippen molar-refractivity contribution in [3.8, 4) is 0 Å². The monoisotopic (exact) mass is 425 g/mol. The van der Waals surface area contributed by atoms with Crippen LogP contribution in [-0.4, -0.2) is 24.4 Å². The van der Waals surface area contributed by atoms with Crippen molar-refractivity contribution >= 4 is 17.1 Å². The molecule has 32 heavy (non-hydrogen) atoms. The van der Waals surface area contributed by atoms with E-state index in [1.165, 1.54) is 39.5 Å². The molecule has 2 aliphatic heterocycles. The summed E-state index contributed by atoms with van der Waals surface area (Å²) >= 11 is 0. The second kappa shape index (κ2) is 7.92. The van der Waals surface area contributed by atoms with Gasteiger partial charge in [0.25, 0.3) is 0 Å². The van der Waals surface area contributed by atoms with Gasteiger partial charge in [0.1, 0.15) is 7.05 Å². The van der Waals surface area contributed by atoms with Crippen LogP contribution in [0, 0.1) is 5.92 Å². The van der Waals surface area contributed by atoms with Gasteiger partial charge < -0.3 is 4.90 Å². The predicted molar refractivity (Wildman–Crippen MR) is 138 cm³/mol. The number of benzene rings is 2. The summed E-state index contributed by atoms with van der Waals surface area (Å²) in [5.74, 6) is 0.443. The number of anilines is 1. The van der Waals surface area contributed by atoms with Gasteiger partial charge in [0.15, 0.2) is 5.71 Å². The lowest BCUT2D eigenvalue weighted by molar-refractivity contribution is -0.401. The third-order valence-corrected chi connectivity index (χ3v) is 7.41. The standard InChI is InChI=1S/C30H37N2/c1-21(2)22(17-19-27-29(3,4)23-13-9-11-15-25(23)31(27)7)18-20-28-30(5,6)24-14-10-12-16-26(24)32(28)8/h9-21H,1-8H3/q+1. The van der Waals surface area contributed by atoms with Crippen molar-refractivity contribution in [2.45, 2.75) is 52.4 Å². The van der Waals surface area contributed by atoms with Crippen molar-refractivity contribution in [3.05, 3.63) is 95.2 Å². The minimum Gasteiger partial charge on any atom is -0.347 e. The Labute approximate surface area is 194 Å². The van der Waals surface area contributed by atoms with Crippen LogP contribution in [-0.2, 0) is 10.8 Å². The Balaban J connectivity index is 1.69. The molecule has 0 radical (unpaired) electrons. The van der Waals surface area contributed by atoms with Gasteiger partial charge in [-0.3, -0.25) is 0 Å². The van der Waals surface area contributed by atoms with E-state index in [0.29, 0.717) is 5.92 Å². The van der Waals surface area contributed by atoms with Gasteiger partial charge in [-0.2, -0.15) is 4.58 Å². The van der Waals surface area contributed by atoms with Crippen LogP contribution >= 0.6 is 0 Å². The molecule has 0 fully saturated rings. The van der Waals surface area contributed by atoms with Crippen LogP contribution in [0.15, 0.2) is 84.1 Å². The van der Waals surface area contributed by atoms with Gasteiger partial charge in [0.2, 0.25) is 5.69 Å².